The highest BCUT2D eigenvalue weighted by molar-refractivity contribution is 5.97. The summed E-state index contributed by atoms with van der Waals surface area (Å²) in [6, 6.07) is 0. The van der Waals surface area contributed by atoms with Gasteiger partial charge in [0.15, 0.2) is 5.78 Å². The van der Waals surface area contributed by atoms with Crippen molar-refractivity contribution < 1.29 is 4.79 Å². The molecule has 0 unspecified atom stereocenters. The number of allylic oxidation sites excluding steroid dienone is 3. The van der Waals surface area contributed by atoms with E-state index in [0.717, 1.165) is 18.7 Å². The smallest absolute Gasteiger partial charge is 0.180 e. The first-order valence-corrected chi connectivity index (χ1v) is 3.54. The number of carbonyl (C=O) groups is 1. The van der Waals surface area contributed by atoms with Crippen molar-refractivity contribution in [1.29, 1.82) is 0 Å². The van der Waals surface area contributed by atoms with Crippen LogP contribution < -0.4 is 0 Å². The van der Waals surface area contributed by atoms with E-state index in [1.165, 1.54) is 0 Å². The van der Waals surface area contributed by atoms with Crippen molar-refractivity contribution in [3.05, 3.63) is 24.0 Å². The predicted octanol–water partition coefficient (Wildman–Crippen LogP) is 1.06. The summed E-state index contributed by atoms with van der Waals surface area (Å²) in [5.41, 5.74) is 0.905. The van der Waals surface area contributed by atoms with Crippen molar-refractivity contribution in [2.24, 2.45) is 0 Å². The molecule has 2 heteroatoms. The average molecular weight is 135 g/mol. The lowest BCUT2D eigenvalue weighted by Gasteiger charge is -2.15. The molecule has 2 rings (SSSR count). The van der Waals surface area contributed by atoms with Crippen molar-refractivity contribution in [2.45, 2.75) is 12.8 Å². The molecule has 10 heavy (non-hydrogen) atoms. The third-order valence-electron chi connectivity index (χ3n) is 1.91. The molecule has 2 nitrogen and oxygen atoms in total. The van der Waals surface area contributed by atoms with Crippen molar-refractivity contribution in [3.8, 4) is 0 Å². The molecule has 0 bridgehead atoms. The summed E-state index contributed by atoms with van der Waals surface area (Å²) < 4.78 is 0. The summed E-state index contributed by atoms with van der Waals surface area (Å²) in [5, 5.41) is 0. The second kappa shape index (κ2) is 1.97. The molecule has 2 aliphatic rings. The van der Waals surface area contributed by atoms with E-state index in [-0.39, 0.29) is 0 Å². The Bertz CT molecular complexity index is 227. The highest BCUT2D eigenvalue weighted by Gasteiger charge is 2.23. The molecule has 0 aromatic carbocycles. The number of Topliss-reactive ketones (excluding diaryl/α,β-unsaturated/α-hetero) is 1. The quantitative estimate of drug-likeness (QED) is 0.495. The van der Waals surface area contributed by atoms with E-state index >= 15 is 0 Å². The van der Waals surface area contributed by atoms with Crippen LogP contribution in [0.5, 0.6) is 0 Å². The SMILES string of the molecule is O=C1CCN2C=CCC=C12. The molecule has 1 saturated heterocycles. The average Bonchev–Trinajstić information content (AvgIpc) is 2.34. The zero-order valence-corrected chi connectivity index (χ0v) is 5.71. The third kappa shape index (κ3) is 0.685. The molecule has 2 heterocycles. The van der Waals surface area contributed by atoms with Crippen LogP contribution in [0.2, 0.25) is 0 Å². The Balaban J connectivity index is 2.32. The summed E-state index contributed by atoms with van der Waals surface area (Å²) in [5.74, 6) is 0.296. The molecule has 0 radical (unpaired) electrons. The molecule has 52 valence electrons. The van der Waals surface area contributed by atoms with Crippen LogP contribution in [0.1, 0.15) is 12.8 Å². The van der Waals surface area contributed by atoms with Crippen molar-refractivity contribution >= 4 is 5.78 Å². The zero-order valence-electron chi connectivity index (χ0n) is 5.71. The molecule has 2 aliphatic heterocycles. The van der Waals surface area contributed by atoms with Gasteiger partial charge in [-0.15, -0.1) is 0 Å². The van der Waals surface area contributed by atoms with E-state index in [9.17, 15) is 4.79 Å². The van der Waals surface area contributed by atoms with Crippen LogP contribution in [0, 0.1) is 0 Å². The maximum Gasteiger partial charge on any atom is 0.180 e. The van der Waals surface area contributed by atoms with Crippen molar-refractivity contribution in [2.75, 3.05) is 6.54 Å². The largest absolute Gasteiger partial charge is 0.345 e. The van der Waals surface area contributed by atoms with Crippen molar-refractivity contribution in [3.63, 3.8) is 0 Å². The van der Waals surface area contributed by atoms with Crippen LogP contribution in [0.15, 0.2) is 24.0 Å². The van der Waals surface area contributed by atoms with Gasteiger partial charge in [0.2, 0.25) is 0 Å². The van der Waals surface area contributed by atoms with Gasteiger partial charge in [-0.25, -0.2) is 0 Å². The lowest BCUT2D eigenvalue weighted by molar-refractivity contribution is -0.114. The maximum absolute atomic E-state index is 11.1. The minimum absolute atomic E-state index is 0.296. The summed E-state index contributed by atoms with van der Waals surface area (Å²) in [7, 11) is 0. The molecule has 0 atom stereocenters. The summed E-state index contributed by atoms with van der Waals surface area (Å²) in [6.45, 7) is 0.876. The number of hydrogen-bond acceptors (Lipinski definition) is 2. The highest BCUT2D eigenvalue weighted by Crippen LogP contribution is 2.21. The van der Waals surface area contributed by atoms with Gasteiger partial charge in [0.25, 0.3) is 0 Å². The molecular formula is C8H9NO. The van der Waals surface area contributed by atoms with Gasteiger partial charge in [-0.2, -0.15) is 0 Å². The second-order valence-corrected chi connectivity index (χ2v) is 2.58. The van der Waals surface area contributed by atoms with Gasteiger partial charge in [-0.05, 0) is 6.42 Å². The summed E-state index contributed by atoms with van der Waals surface area (Å²) in [4.78, 5) is 13.1. The molecule has 0 aromatic heterocycles. The lowest BCUT2D eigenvalue weighted by Crippen LogP contribution is -2.13. The molecule has 0 aliphatic carbocycles. The Morgan fingerprint density at radius 1 is 1.50 bits per heavy atom. The molecule has 0 saturated carbocycles. The fourth-order valence-corrected chi connectivity index (χ4v) is 1.38. The van der Waals surface area contributed by atoms with Crippen LogP contribution in [0.3, 0.4) is 0 Å². The first-order valence-electron chi connectivity index (χ1n) is 3.54. The maximum atomic E-state index is 11.1. The van der Waals surface area contributed by atoms with Gasteiger partial charge in [0.1, 0.15) is 0 Å². The Morgan fingerprint density at radius 3 is 3.20 bits per heavy atom. The lowest BCUT2D eigenvalue weighted by atomic mass is 10.2. The predicted molar refractivity (Wildman–Crippen MR) is 38.2 cm³/mol. The van der Waals surface area contributed by atoms with E-state index in [0.29, 0.717) is 12.2 Å². The molecule has 0 spiro atoms. The molecular weight excluding hydrogens is 126 g/mol. The standard InChI is InChI=1S/C8H9NO/c10-8-4-6-9-5-2-1-3-7(8)9/h2-3,5H,1,4,6H2. The first kappa shape index (κ1) is 5.71. The van der Waals surface area contributed by atoms with E-state index in [4.69, 9.17) is 0 Å². The number of fused-ring (bicyclic) bond motifs is 1. The van der Waals surface area contributed by atoms with E-state index in [1.807, 2.05) is 17.2 Å². The minimum atomic E-state index is 0.296. The zero-order chi connectivity index (χ0) is 6.97. The van der Waals surface area contributed by atoms with Gasteiger partial charge in [-0.3, -0.25) is 4.79 Å². The number of carbonyl (C=O) groups excluding carboxylic acids is 1. The number of nitrogens with zero attached hydrogens (tertiary/aromatic N) is 1. The monoisotopic (exact) mass is 135 g/mol. The van der Waals surface area contributed by atoms with Gasteiger partial charge < -0.3 is 4.90 Å². The fraction of sp³-hybridized carbons (Fsp3) is 0.375. The van der Waals surface area contributed by atoms with Crippen molar-refractivity contribution in [1.82, 2.24) is 4.90 Å². The normalized spacial score (nSPS) is 23.0. The van der Waals surface area contributed by atoms with Crippen LogP contribution in [-0.4, -0.2) is 17.2 Å². The van der Waals surface area contributed by atoms with E-state index in [1.54, 1.807) is 0 Å². The molecule has 0 aromatic rings. The highest BCUT2D eigenvalue weighted by atomic mass is 16.1. The van der Waals surface area contributed by atoms with Crippen LogP contribution in [-0.2, 0) is 4.79 Å². The van der Waals surface area contributed by atoms with Gasteiger partial charge in [-0.1, -0.05) is 12.2 Å². The van der Waals surface area contributed by atoms with Gasteiger partial charge in [0, 0.05) is 19.2 Å². The number of hydrogen-bond donors (Lipinski definition) is 0. The molecule has 1 fully saturated rings. The van der Waals surface area contributed by atoms with Crippen LogP contribution in [0.25, 0.3) is 0 Å². The van der Waals surface area contributed by atoms with Crippen LogP contribution in [0.4, 0.5) is 0 Å². The number of ketones is 1. The third-order valence-corrected chi connectivity index (χ3v) is 1.91. The van der Waals surface area contributed by atoms with Gasteiger partial charge >= 0.3 is 0 Å². The second-order valence-electron chi connectivity index (χ2n) is 2.58. The Labute approximate surface area is 59.8 Å². The summed E-state index contributed by atoms with van der Waals surface area (Å²) >= 11 is 0. The summed E-state index contributed by atoms with van der Waals surface area (Å²) in [6.07, 6.45) is 7.67. The Kier molecular flexibility index (Phi) is 1.13. The molecule has 0 amide bonds. The first-order chi connectivity index (χ1) is 4.88. The Morgan fingerprint density at radius 2 is 2.40 bits per heavy atom. The Hall–Kier alpha value is -1.05. The molecule has 0 N–H and O–H groups in total. The fourth-order valence-electron chi connectivity index (χ4n) is 1.38. The number of rotatable bonds is 0. The minimum Gasteiger partial charge on any atom is -0.345 e. The van der Waals surface area contributed by atoms with E-state index in [2.05, 4.69) is 6.08 Å². The topological polar surface area (TPSA) is 20.3 Å². The van der Waals surface area contributed by atoms with Crippen LogP contribution >= 0.6 is 0 Å². The van der Waals surface area contributed by atoms with E-state index < -0.39 is 0 Å². The van der Waals surface area contributed by atoms with Gasteiger partial charge in [0.05, 0.1) is 5.70 Å².